The maximum atomic E-state index is 12.9. The molecule has 0 amide bonds. The van der Waals surface area contributed by atoms with Crippen LogP contribution in [0.25, 0.3) is 21.9 Å². The van der Waals surface area contributed by atoms with Crippen molar-refractivity contribution >= 4 is 21.9 Å². The molecule has 0 saturated heterocycles. The molecule has 0 fully saturated rings. The fourth-order valence-corrected chi connectivity index (χ4v) is 3.44. The molecule has 24 heavy (non-hydrogen) atoms. The molecule has 5 heteroatoms. The molecule has 2 heterocycles. The highest BCUT2D eigenvalue weighted by Gasteiger charge is 2.36. The minimum atomic E-state index is -0.769. The molecule has 1 aliphatic rings. The van der Waals surface area contributed by atoms with Gasteiger partial charge in [0.25, 0.3) is 0 Å². The molecule has 0 spiro atoms. The van der Waals surface area contributed by atoms with E-state index in [0.29, 0.717) is 45.4 Å². The van der Waals surface area contributed by atoms with Crippen molar-refractivity contribution in [2.24, 2.45) is 0 Å². The van der Waals surface area contributed by atoms with Gasteiger partial charge in [-0.2, -0.15) is 0 Å². The summed E-state index contributed by atoms with van der Waals surface area (Å²) < 4.78 is 17.4. The summed E-state index contributed by atoms with van der Waals surface area (Å²) in [4.78, 5) is 12.9. The lowest BCUT2D eigenvalue weighted by Gasteiger charge is -2.36. The molecule has 0 saturated carbocycles. The van der Waals surface area contributed by atoms with Crippen molar-refractivity contribution in [1.29, 1.82) is 0 Å². The Kier molecular flexibility index (Phi) is 3.12. The molecule has 1 atom stereocenters. The van der Waals surface area contributed by atoms with Crippen LogP contribution in [0.1, 0.15) is 31.9 Å². The van der Waals surface area contributed by atoms with Gasteiger partial charge in [-0.25, -0.2) is 0 Å². The molecule has 1 N–H and O–H groups in total. The van der Waals surface area contributed by atoms with Crippen molar-refractivity contribution in [2.75, 3.05) is 7.11 Å². The second-order valence-corrected chi connectivity index (χ2v) is 6.70. The number of hydrogen-bond donors (Lipinski definition) is 1. The summed E-state index contributed by atoms with van der Waals surface area (Å²) in [7, 11) is 1.48. The zero-order chi connectivity index (χ0) is 17.1. The van der Waals surface area contributed by atoms with Gasteiger partial charge in [0.05, 0.1) is 24.2 Å². The fraction of sp³-hybridized carbons (Fsp3) is 0.316. The Morgan fingerprint density at radius 1 is 1.25 bits per heavy atom. The summed E-state index contributed by atoms with van der Waals surface area (Å²) >= 11 is 0. The number of benzene rings is 2. The molecular formula is C19H18O5. The quantitative estimate of drug-likeness (QED) is 0.693. The monoisotopic (exact) mass is 326 g/mol. The zero-order valence-electron chi connectivity index (χ0n) is 13.8. The van der Waals surface area contributed by atoms with E-state index in [0.717, 1.165) is 0 Å². The standard InChI is InChI=1S/C19H18O5/c1-19(2)9-11(20)15-14(24-19)8-13-16(18(15)22-3)17(21)10-6-4-5-7-12(10)23-13/h4-8,11,20H,9H2,1-3H3. The molecule has 0 aliphatic carbocycles. The lowest BCUT2D eigenvalue weighted by atomic mass is 9.90. The van der Waals surface area contributed by atoms with E-state index in [2.05, 4.69) is 0 Å². The molecule has 3 aromatic rings. The van der Waals surface area contributed by atoms with E-state index in [4.69, 9.17) is 13.9 Å². The molecule has 5 nitrogen and oxygen atoms in total. The summed E-state index contributed by atoms with van der Waals surface area (Å²) in [5, 5.41) is 11.4. The van der Waals surface area contributed by atoms with Crippen LogP contribution in [-0.4, -0.2) is 17.8 Å². The summed E-state index contributed by atoms with van der Waals surface area (Å²) in [6, 6.07) is 8.75. The first-order chi connectivity index (χ1) is 11.4. The number of para-hydroxylation sites is 1. The highest BCUT2D eigenvalue weighted by Crippen LogP contribution is 2.47. The van der Waals surface area contributed by atoms with Crippen LogP contribution < -0.4 is 14.9 Å². The number of ether oxygens (including phenoxy) is 2. The topological polar surface area (TPSA) is 68.9 Å². The first kappa shape index (κ1) is 15.0. The third-order valence-electron chi connectivity index (χ3n) is 4.43. The first-order valence-corrected chi connectivity index (χ1v) is 7.85. The van der Waals surface area contributed by atoms with Crippen LogP contribution in [0, 0.1) is 0 Å². The highest BCUT2D eigenvalue weighted by atomic mass is 16.5. The van der Waals surface area contributed by atoms with Crippen molar-refractivity contribution in [3.63, 3.8) is 0 Å². The predicted molar refractivity (Wildman–Crippen MR) is 90.8 cm³/mol. The number of rotatable bonds is 1. The maximum absolute atomic E-state index is 12.9. The smallest absolute Gasteiger partial charge is 0.204 e. The van der Waals surface area contributed by atoms with Crippen LogP contribution in [0.2, 0.25) is 0 Å². The van der Waals surface area contributed by atoms with Gasteiger partial charge in [-0.1, -0.05) is 12.1 Å². The van der Waals surface area contributed by atoms with Crippen LogP contribution in [0.5, 0.6) is 11.5 Å². The molecule has 4 rings (SSSR count). The number of aliphatic hydroxyl groups excluding tert-OH is 1. The molecule has 1 aliphatic heterocycles. The molecule has 2 aromatic carbocycles. The molecule has 1 unspecified atom stereocenters. The molecule has 0 bridgehead atoms. The summed E-state index contributed by atoms with van der Waals surface area (Å²) in [5.41, 5.74) is 0.713. The van der Waals surface area contributed by atoms with E-state index in [1.807, 2.05) is 19.9 Å². The van der Waals surface area contributed by atoms with E-state index in [1.54, 1.807) is 24.3 Å². The minimum Gasteiger partial charge on any atom is -0.495 e. The Morgan fingerprint density at radius 3 is 2.75 bits per heavy atom. The van der Waals surface area contributed by atoms with E-state index in [1.165, 1.54) is 7.11 Å². The Labute approximate surface area is 138 Å². The number of aliphatic hydroxyl groups is 1. The van der Waals surface area contributed by atoms with Gasteiger partial charge in [-0.3, -0.25) is 4.79 Å². The normalized spacial score (nSPS) is 19.1. The van der Waals surface area contributed by atoms with Gasteiger partial charge in [-0.05, 0) is 26.0 Å². The van der Waals surface area contributed by atoms with E-state index >= 15 is 0 Å². The van der Waals surface area contributed by atoms with Crippen LogP contribution in [0.4, 0.5) is 0 Å². The van der Waals surface area contributed by atoms with Crippen LogP contribution >= 0.6 is 0 Å². The van der Waals surface area contributed by atoms with Gasteiger partial charge in [0.15, 0.2) is 0 Å². The second kappa shape index (κ2) is 4.98. The van der Waals surface area contributed by atoms with Crippen molar-refractivity contribution in [2.45, 2.75) is 32.0 Å². The van der Waals surface area contributed by atoms with Crippen LogP contribution in [0.3, 0.4) is 0 Å². The third-order valence-corrected chi connectivity index (χ3v) is 4.43. The largest absolute Gasteiger partial charge is 0.495 e. The van der Waals surface area contributed by atoms with Gasteiger partial charge in [0, 0.05) is 12.5 Å². The number of hydrogen-bond acceptors (Lipinski definition) is 5. The van der Waals surface area contributed by atoms with Crippen molar-refractivity contribution in [3.05, 3.63) is 46.1 Å². The van der Waals surface area contributed by atoms with E-state index < -0.39 is 11.7 Å². The van der Waals surface area contributed by atoms with Gasteiger partial charge in [-0.15, -0.1) is 0 Å². The fourth-order valence-electron chi connectivity index (χ4n) is 3.44. The summed E-state index contributed by atoms with van der Waals surface area (Å²) in [5.74, 6) is 0.812. The zero-order valence-corrected chi connectivity index (χ0v) is 13.8. The molecule has 124 valence electrons. The number of fused-ring (bicyclic) bond motifs is 3. The average molecular weight is 326 g/mol. The lowest BCUT2D eigenvalue weighted by Crippen LogP contribution is -2.35. The van der Waals surface area contributed by atoms with Crippen molar-refractivity contribution < 1.29 is 19.0 Å². The Morgan fingerprint density at radius 2 is 2.00 bits per heavy atom. The average Bonchev–Trinajstić information content (AvgIpc) is 2.52. The van der Waals surface area contributed by atoms with Crippen LogP contribution in [0.15, 0.2) is 39.5 Å². The van der Waals surface area contributed by atoms with Gasteiger partial charge < -0.3 is 19.0 Å². The Balaban J connectivity index is 2.16. The summed E-state index contributed by atoms with van der Waals surface area (Å²) in [6.07, 6.45) is -0.352. The minimum absolute atomic E-state index is 0.177. The second-order valence-electron chi connectivity index (χ2n) is 6.70. The molecular weight excluding hydrogens is 308 g/mol. The maximum Gasteiger partial charge on any atom is 0.204 e. The molecule has 0 radical (unpaired) electrons. The Bertz CT molecular complexity index is 1020. The lowest BCUT2D eigenvalue weighted by molar-refractivity contribution is 0.0103. The SMILES string of the molecule is COc1c2c(cc3oc4ccccc4c(=O)c13)OC(C)(C)CC2O. The summed E-state index contributed by atoms with van der Waals surface area (Å²) in [6.45, 7) is 3.82. The van der Waals surface area contributed by atoms with Crippen molar-refractivity contribution in [3.8, 4) is 11.5 Å². The number of methoxy groups -OCH3 is 1. The van der Waals surface area contributed by atoms with Crippen molar-refractivity contribution in [1.82, 2.24) is 0 Å². The predicted octanol–water partition coefficient (Wildman–Crippen LogP) is 3.55. The Hall–Kier alpha value is -2.53. The van der Waals surface area contributed by atoms with E-state index in [-0.39, 0.29) is 5.43 Å². The molecule has 1 aromatic heterocycles. The van der Waals surface area contributed by atoms with Gasteiger partial charge in [0.2, 0.25) is 5.43 Å². The van der Waals surface area contributed by atoms with E-state index in [9.17, 15) is 9.90 Å². The van der Waals surface area contributed by atoms with Gasteiger partial charge >= 0.3 is 0 Å². The first-order valence-electron chi connectivity index (χ1n) is 7.85. The van der Waals surface area contributed by atoms with Crippen LogP contribution in [-0.2, 0) is 0 Å². The van der Waals surface area contributed by atoms with Gasteiger partial charge in [0.1, 0.15) is 33.7 Å². The third kappa shape index (κ3) is 2.08. The highest BCUT2D eigenvalue weighted by molar-refractivity contribution is 5.95.